The van der Waals surface area contributed by atoms with Gasteiger partial charge in [-0.05, 0) is 12.8 Å². The van der Waals surface area contributed by atoms with Crippen LogP contribution in [0, 0.1) is 0 Å². The third-order valence-electron chi connectivity index (χ3n) is 3.14. The molecular formula is C10H22N2O4S. The maximum Gasteiger partial charge on any atom is 0.280 e. The number of nitrogens with one attached hydrogen (secondary N) is 1. The summed E-state index contributed by atoms with van der Waals surface area (Å²) in [7, 11) is -3.52. The molecule has 7 heteroatoms. The van der Waals surface area contributed by atoms with Gasteiger partial charge in [-0.25, -0.2) is 0 Å². The Morgan fingerprint density at radius 1 is 1.29 bits per heavy atom. The minimum Gasteiger partial charge on any atom is -0.394 e. The molecule has 102 valence electrons. The summed E-state index contributed by atoms with van der Waals surface area (Å²) in [6, 6.07) is 0. The quantitative estimate of drug-likeness (QED) is 0.692. The fourth-order valence-corrected chi connectivity index (χ4v) is 3.58. The molecule has 1 saturated heterocycles. The number of rotatable bonds is 6. The lowest BCUT2D eigenvalue weighted by atomic mass is 9.93. The topological polar surface area (TPSA) is 78.9 Å². The maximum absolute atomic E-state index is 12.1. The van der Waals surface area contributed by atoms with Gasteiger partial charge >= 0.3 is 0 Å². The number of nitrogens with zero attached hydrogens (tertiary/aromatic N) is 1. The summed E-state index contributed by atoms with van der Waals surface area (Å²) in [5.41, 5.74) is -0.764. The molecule has 0 aromatic carbocycles. The van der Waals surface area contributed by atoms with E-state index in [9.17, 15) is 13.5 Å². The molecule has 0 amide bonds. The average molecular weight is 266 g/mol. The first-order valence-electron chi connectivity index (χ1n) is 5.97. The smallest absolute Gasteiger partial charge is 0.280 e. The van der Waals surface area contributed by atoms with E-state index in [4.69, 9.17) is 4.74 Å². The average Bonchev–Trinajstić information content (AvgIpc) is 2.30. The predicted octanol–water partition coefficient (Wildman–Crippen LogP) is -0.296. The van der Waals surface area contributed by atoms with E-state index in [1.54, 1.807) is 13.8 Å². The highest BCUT2D eigenvalue weighted by Gasteiger charge is 2.37. The van der Waals surface area contributed by atoms with Gasteiger partial charge in [0, 0.05) is 26.3 Å². The van der Waals surface area contributed by atoms with Gasteiger partial charge in [-0.1, -0.05) is 13.8 Å². The van der Waals surface area contributed by atoms with Gasteiger partial charge in [0.1, 0.15) is 0 Å². The summed E-state index contributed by atoms with van der Waals surface area (Å²) in [5.74, 6) is 0. The van der Waals surface area contributed by atoms with Crippen LogP contribution in [0.5, 0.6) is 0 Å². The Morgan fingerprint density at radius 2 is 1.82 bits per heavy atom. The van der Waals surface area contributed by atoms with E-state index in [1.807, 2.05) is 0 Å². The van der Waals surface area contributed by atoms with Crippen LogP contribution in [0.4, 0.5) is 0 Å². The standard InChI is InChI=1S/C10H22N2O4S/c1-3-12(4-2)17(14,15)11-10(9-13)5-7-16-8-6-10/h11,13H,3-9H2,1-2H3. The Kier molecular flexibility index (Phi) is 5.33. The molecule has 0 bridgehead atoms. The Bertz CT molecular complexity index is 321. The van der Waals surface area contributed by atoms with E-state index < -0.39 is 15.7 Å². The molecule has 0 aromatic heterocycles. The third-order valence-corrected chi connectivity index (χ3v) is 5.03. The zero-order valence-electron chi connectivity index (χ0n) is 10.5. The van der Waals surface area contributed by atoms with Crippen molar-refractivity contribution in [3.05, 3.63) is 0 Å². The van der Waals surface area contributed by atoms with Crippen molar-refractivity contribution in [3.8, 4) is 0 Å². The molecule has 0 radical (unpaired) electrons. The van der Waals surface area contributed by atoms with Crippen LogP contribution >= 0.6 is 0 Å². The van der Waals surface area contributed by atoms with E-state index in [0.29, 0.717) is 39.1 Å². The number of hydrogen-bond donors (Lipinski definition) is 2. The number of aliphatic hydroxyl groups excluding tert-OH is 1. The first-order valence-corrected chi connectivity index (χ1v) is 7.41. The Labute approximate surface area is 103 Å². The van der Waals surface area contributed by atoms with Crippen molar-refractivity contribution in [2.75, 3.05) is 32.9 Å². The van der Waals surface area contributed by atoms with E-state index in [-0.39, 0.29) is 6.61 Å². The molecule has 0 aromatic rings. The second-order valence-corrected chi connectivity index (χ2v) is 5.91. The predicted molar refractivity (Wildman–Crippen MR) is 64.8 cm³/mol. The highest BCUT2D eigenvalue weighted by atomic mass is 32.2. The van der Waals surface area contributed by atoms with Crippen LogP contribution in [-0.4, -0.2) is 56.3 Å². The first kappa shape index (κ1) is 14.8. The van der Waals surface area contributed by atoms with Crippen LogP contribution < -0.4 is 4.72 Å². The van der Waals surface area contributed by atoms with Crippen LogP contribution in [0.3, 0.4) is 0 Å². The summed E-state index contributed by atoms with van der Waals surface area (Å²) in [6.07, 6.45) is 1.01. The second kappa shape index (κ2) is 6.10. The number of hydrogen-bond acceptors (Lipinski definition) is 4. The molecule has 0 saturated carbocycles. The fraction of sp³-hybridized carbons (Fsp3) is 1.00. The van der Waals surface area contributed by atoms with Gasteiger partial charge in [-0.3, -0.25) is 0 Å². The fourth-order valence-electron chi connectivity index (χ4n) is 1.96. The van der Waals surface area contributed by atoms with Gasteiger partial charge in [-0.2, -0.15) is 17.4 Å². The van der Waals surface area contributed by atoms with E-state index in [1.165, 1.54) is 4.31 Å². The van der Waals surface area contributed by atoms with Gasteiger partial charge in [0.2, 0.25) is 0 Å². The second-order valence-electron chi connectivity index (χ2n) is 4.24. The Hall–Kier alpha value is -0.210. The van der Waals surface area contributed by atoms with Crippen molar-refractivity contribution in [1.82, 2.24) is 9.03 Å². The molecule has 2 N–H and O–H groups in total. The summed E-state index contributed by atoms with van der Waals surface area (Å²) < 4.78 is 33.3. The molecule has 0 unspecified atom stereocenters. The largest absolute Gasteiger partial charge is 0.394 e. The van der Waals surface area contributed by atoms with Crippen LogP contribution in [0.15, 0.2) is 0 Å². The van der Waals surface area contributed by atoms with Crippen molar-refractivity contribution in [3.63, 3.8) is 0 Å². The van der Waals surface area contributed by atoms with E-state index in [2.05, 4.69) is 4.72 Å². The van der Waals surface area contributed by atoms with Crippen LogP contribution in [-0.2, 0) is 14.9 Å². The first-order chi connectivity index (χ1) is 7.99. The lowest BCUT2D eigenvalue weighted by Crippen LogP contribution is -2.57. The zero-order chi connectivity index (χ0) is 12.9. The lowest BCUT2D eigenvalue weighted by molar-refractivity contribution is 0.0216. The molecule has 1 rings (SSSR count). The number of aliphatic hydroxyl groups is 1. The highest BCUT2D eigenvalue weighted by molar-refractivity contribution is 7.87. The van der Waals surface area contributed by atoms with Crippen molar-refractivity contribution >= 4 is 10.2 Å². The SMILES string of the molecule is CCN(CC)S(=O)(=O)NC1(CO)CCOCC1. The van der Waals surface area contributed by atoms with Crippen molar-refractivity contribution in [2.24, 2.45) is 0 Å². The van der Waals surface area contributed by atoms with Crippen LogP contribution in [0.2, 0.25) is 0 Å². The minimum atomic E-state index is -3.52. The van der Waals surface area contributed by atoms with Gasteiger partial charge in [-0.15, -0.1) is 0 Å². The molecule has 17 heavy (non-hydrogen) atoms. The van der Waals surface area contributed by atoms with Gasteiger partial charge in [0.25, 0.3) is 10.2 Å². The molecule has 0 spiro atoms. The Balaban J connectivity index is 2.79. The normalized spacial score (nSPS) is 20.7. The molecule has 0 atom stereocenters. The molecule has 1 heterocycles. The summed E-state index contributed by atoms with van der Waals surface area (Å²) >= 11 is 0. The van der Waals surface area contributed by atoms with Crippen molar-refractivity contribution in [1.29, 1.82) is 0 Å². The summed E-state index contributed by atoms with van der Waals surface area (Å²) in [5, 5.41) is 9.43. The molecule has 1 aliphatic rings. The van der Waals surface area contributed by atoms with Crippen LogP contribution in [0.25, 0.3) is 0 Å². The van der Waals surface area contributed by atoms with Crippen molar-refractivity contribution < 1.29 is 18.3 Å². The highest BCUT2D eigenvalue weighted by Crippen LogP contribution is 2.21. The van der Waals surface area contributed by atoms with E-state index in [0.717, 1.165) is 0 Å². The van der Waals surface area contributed by atoms with Crippen molar-refractivity contribution in [2.45, 2.75) is 32.2 Å². The summed E-state index contributed by atoms with van der Waals surface area (Å²) in [4.78, 5) is 0. The number of ether oxygens (including phenoxy) is 1. The molecule has 0 aliphatic carbocycles. The van der Waals surface area contributed by atoms with Gasteiger partial charge in [0.05, 0.1) is 12.1 Å². The van der Waals surface area contributed by atoms with Crippen LogP contribution in [0.1, 0.15) is 26.7 Å². The van der Waals surface area contributed by atoms with Gasteiger partial charge in [0.15, 0.2) is 0 Å². The maximum atomic E-state index is 12.1. The van der Waals surface area contributed by atoms with Gasteiger partial charge < -0.3 is 9.84 Å². The molecule has 1 aliphatic heterocycles. The monoisotopic (exact) mass is 266 g/mol. The lowest BCUT2D eigenvalue weighted by Gasteiger charge is -2.37. The molecular weight excluding hydrogens is 244 g/mol. The molecule has 6 nitrogen and oxygen atoms in total. The summed E-state index contributed by atoms with van der Waals surface area (Å²) in [6.45, 7) is 5.17. The third kappa shape index (κ3) is 3.62. The minimum absolute atomic E-state index is 0.198. The Morgan fingerprint density at radius 3 is 2.24 bits per heavy atom. The van der Waals surface area contributed by atoms with E-state index >= 15 is 0 Å². The molecule has 1 fully saturated rings. The zero-order valence-corrected chi connectivity index (χ0v) is 11.3.